The molecule has 0 heterocycles. The third kappa shape index (κ3) is 5.01. The summed E-state index contributed by atoms with van der Waals surface area (Å²) in [4.78, 5) is 12.5. The van der Waals surface area contributed by atoms with Crippen molar-refractivity contribution in [1.29, 1.82) is 0 Å². The van der Waals surface area contributed by atoms with E-state index in [4.69, 9.17) is 16.3 Å². The van der Waals surface area contributed by atoms with E-state index in [1.165, 1.54) is 13.2 Å². The molecule has 0 bridgehead atoms. The van der Waals surface area contributed by atoms with Gasteiger partial charge in [-0.05, 0) is 38.0 Å². The molecule has 0 radical (unpaired) electrons. The van der Waals surface area contributed by atoms with Gasteiger partial charge in [0, 0.05) is 6.04 Å². The lowest BCUT2D eigenvalue weighted by molar-refractivity contribution is -0.122. The molecular weight excluding hydrogens is 352 g/mol. The molecular formula is C16H25ClN2O4S. The van der Waals surface area contributed by atoms with Crippen LogP contribution in [0.4, 0.5) is 5.69 Å². The minimum atomic E-state index is -3.68. The van der Waals surface area contributed by atoms with Crippen molar-refractivity contribution in [2.75, 3.05) is 17.7 Å². The maximum absolute atomic E-state index is 12.5. The summed E-state index contributed by atoms with van der Waals surface area (Å²) >= 11 is 6.09. The number of ether oxygens (including phenoxy) is 1. The highest BCUT2D eigenvalue weighted by Crippen LogP contribution is 2.31. The third-order valence-electron chi connectivity index (χ3n) is 3.85. The van der Waals surface area contributed by atoms with Crippen molar-refractivity contribution in [2.45, 2.75) is 39.8 Å². The van der Waals surface area contributed by atoms with E-state index in [9.17, 15) is 13.2 Å². The number of nitrogens with one attached hydrogen (secondary N) is 1. The number of anilines is 1. The molecule has 0 fully saturated rings. The average molecular weight is 377 g/mol. The molecule has 1 aromatic rings. The van der Waals surface area contributed by atoms with Crippen molar-refractivity contribution < 1.29 is 17.9 Å². The van der Waals surface area contributed by atoms with E-state index in [0.29, 0.717) is 11.4 Å². The number of sulfonamides is 1. The zero-order valence-electron chi connectivity index (χ0n) is 14.8. The molecule has 2 atom stereocenters. The van der Waals surface area contributed by atoms with Gasteiger partial charge in [-0.2, -0.15) is 0 Å². The predicted octanol–water partition coefficient (Wildman–Crippen LogP) is 2.66. The summed E-state index contributed by atoms with van der Waals surface area (Å²) in [5, 5.41) is 3.11. The standard InChI is InChI=1S/C16H25ClN2O4S/c1-10(2)11(3)18-16(20)12(4)19(24(6,21)22)13-7-8-15(23-5)14(17)9-13/h7-12H,1-6H3,(H,18,20)/t11-,12-/m1/s1. The van der Waals surface area contributed by atoms with Crippen LogP contribution in [0.3, 0.4) is 0 Å². The van der Waals surface area contributed by atoms with Crippen molar-refractivity contribution in [3.8, 4) is 5.75 Å². The molecule has 0 aliphatic carbocycles. The van der Waals surface area contributed by atoms with E-state index in [2.05, 4.69) is 5.32 Å². The van der Waals surface area contributed by atoms with Gasteiger partial charge in [0.25, 0.3) is 0 Å². The highest BCUT2D eigenvalue weighted by Gasteiger charge is 2.30. The fourth-order valence-electron chi connectivity index (χ4n) is 2.11. The van der Waals surface area contributed by atoms with Crippen molar-refractivity contribution in [2.24, 2.45) is 5.92 Å². The second-order valence-electron chi connectivity index (χ2n) is 6.09. The minimum absolute atomic E-state index is 0.0687. The van der Waals surface area contributed by atoms with Crippen molar-refractivity contribution >= 4 is 33.2 Å². The Hall–Kier alpha value is -1.47. The first kappa shape index (κ1) is 20.6. The number of amides is 1. The molecule has 0 aliphatic rings. The monoisotopic (exact) mass is 376 g/mol. The molecule has 1 N–H and O–H groups in total. The number of halogens is 1. The highest BCUT2D eigenvalue weighted by molar-refractivity contribution is 7.92. The van der Waals surface area contributed by atoms with Gasteiger partial charge in [-0.25, -0.2) is 8.42 Å². The summed E-state index contributed by atoms with van der Waals surface area (Å²) in [6.45, 7) is 7.38. The van der Waals surface area contributed by atoms with Crippen LogP contribution in [0.2, 0.25) is 5.02 Å². The number of carbonyl (C=O) groups is 1. The molecule has 1 aromatic carbocycles. The third-order valence-corrected chi connectivity index (χ3v) is 5.39. The molecule has 6 nitrogen and oxygen atoms in total. The number of nitrogens with zero attached hydrogens (tertiary/aromatic N) is 1. The summed E-state index contributed by atoms with van der Waals surface area (Å²) in [6.07, 6.45) is 1.06. The Labute approximate surface area is 149 Å². The molecule has 1 amide bonds. The van der Waals surface area contributed by atoms with Gasteiger partial charge in [-0.15, -0.1) is 0 Å². The molecule has 0 aromatic heterocycles. The fourth-order valence-corrected chi connectivity index (χ4v) is 3.53. The molecule has 0 saturated carbocycles. The minimum Gasteiger partial charge on any atom is -0.495 e. The summed E-state index contributed by atoms with van der Waals surface area (Å²) in [6, 6.07) is 3.61. The molecule has 136 valence electrons. The Morgan fingerprint density at radius 2 is 1.83 bits per heavy atom. The second kappa shape index (κ2) is 8.07. The molecule has 0 spiro atoms. The van der Waals surface area contributed by atoms with Crippen LogP contribution in [0.15, 0.2) is 18.2 Å². The van der Waals surface area contributed by atoms with E-state index < -0.39 is 16.1 Å². The average Bonchev–Trinajstić information content (AvgIpc) is 2.45. The highest BCUT2D eigenvalue weighted by atomic mass is 35.5. The van der Waals surface area contributed by atoms with E-state index >= 15 is 0 Å². The number of rotatable bonds is 7. The Bertz CT molecular complexity index is 691. The van der Waals surface area contributed by atoms with Gasteiger partial charge in [-0.1, -0.05) is 25.4 Å². The lowest BCUT2D eigenvalue weighted by atomic mass is 10.1. The molecule has 8 heteroatoms. The van der Waals surface area contributed by atoms with Gasteiger partial charge in [0.1, 0.15) is 11.8 Å². The Morgan fingerprint density at radius 1 is 1.25 bits per heavy atom. The first-order valence-electron chi connectivity index (χ1n) is 7.62. The van der Waals surface area contributed by atoms with Gasteiger partial charge in [-0.3, -0.25) is 9.10 Å². The van der Waals surface area contributed by atoms with Crippen LogP contribution in [0.5, 0.6) is 5.75 Å². The van der Waals surface area contributed by atoms with Crippen molar-refractivity contribution in [3.05, 3.63) is 23.2 Å². The van der Waals surface area contributed by atoms with Crippen LogP contribution in [0.25, 0.3) is 0 Å². The van der Waals surface area contributed by atoms with Crippen molar-refractivity contribution in [1.82, 2.24) is 5.32 Å². The van der Waals surface area contributed by atoms with E-state index in [1.807, 2.05) is 20.8 Å². The molecule has 24 heavy (non-hydrogen) atoms. The molecule has 0 saturated heterocycles. The van der Waals surface area contributed by atoms with Crippen LogP contribution in [0.1, 0.15) is 27.7 Å². The van der Waals surface area contributed by atoms with Crippen molar-refractivity contribution in [3.63, 3.8) is 0 Å². The fraction of sp³-hybridized carbons (Fsp3) is 0.562. The zero-order chi connectivity index (χ0) is 18.7. The van der Waals surface area contributed by atoms with Gasteiger partial charge >= 0.3 is 0 Å². The predicted molar refractivity (Wildman–Crippen MR) is 97.2 cm³/mol. The van der Waals surface area contributed by atoms with Crippen LogP contribution in [-0.2, 0) is 14.8 Å². The van der Waals surface area contributed by atoms with Crippen LogP contribution in [-0.4, -0.2) is 39.8 Å². The summed E-state index contributed by atoms with van der Waals surface area (Å²) in [5.41, 5.74) is 0.308. The summed E-state index contributed by atoms with van der Waals surface area (Å²) in [7, 11) is -2.21. The normalized spacial score (nSPS) is 14.2. The van der Waals surface area contributed by atoms with Crippen LogP contribution < -0.4 is 14.4 Å². The first-order chi connectivity index (χ1) is 11.0. The van der Waals surface area contributed by atoms with Gasteiger partial charge in [0.15, 0.2) is 0 Å². The van der Waals surface area contributed by atoms with E-state index in [-0.39, 0.29) is 22.9 Å². The Kier molecular flexibility index (Phi) is 6.92. The van der Waals surface area contributed by atoms with E-state index in [1.54, 1.807) is 19.1 Å². The maximum Gasteiger partial charge on any atom is 0.243 e. The molecule has 1 rings (SSSR count). The smallest absolute Gasteiger partial charge is 0.243 e. The number of benzene rings is 1. The van der Waals surface area contributed by atoms with Gasteiger partial charge in [0.05, 0.1) is 24.1 Å². The van der Waals surface area contributed by atoms with E-state index in [0.717, 1.165) is 10.6 Å². The quantitative estimate of drug-likeness (QED) is 0.793. The van der Waals surface area contributed by atoms with Crippen LogP contribution in [0, 0.1) is 5.92 Å². The Morgan fingerprint density at radius 3 is 2.25 bits per heavy atom. The van der Waals surface area contributed by atoms with Gasteiger partial charge < -0.3 is 10.1 Å². The summed E-state index contributed by atoms with van der Waals surface area (Å²) < 4.78 is 30.6. The largest absolute Gasteiger partial charge is 0.495 e. The maximum atomic E-state index is 12.5. The second-order valence-corrected chi connectivity index (χ2v) is 8.36. The SMILES string of the molecule is COc1ccc(N([C@H](C)C(=O)N[C@H](C)C(C)C)S(C)(=O)=O)cc1Cl. The lowest BCUT2D eigenvalue weighted by Crippen LogP contribution is -2.50. The summed E-state index contributed by atoms with van der Waals surface area (Å²) in [5.74, 6) is 0.302. The van der Waals surface area contributed by atoms with Gasteiger partial charge in [0.2, 0.25) is 15.9 Å². The Balaban J connectivity index is 3.19. The lowest BCUT2D eigenvalue weighted by Gasteiger charge is -2.30. The molecule has 0 unspecified atom stereocenters. The first-order valence-corrected chi connectivity index (χ1v) is 9.85. The molecule has 0 aliphatic heterocycles. The topological polar surface area (TPSA) is 75.7 Å². The zero-order valence-corrected chi connectivity index (χ0v) is 16.4. The number of hydrogen-bond acceptors (Lipinski definition) is 4. The number of methoxy groups -OCH3 is 1. The number of hydrogen-bond donors (Lipinski definition) is 1. The van der Waals surface area contributed by atoms with Crippen LogP contribution >= 0.6 is 11.6 Å². The number of carbonyl (C=O) groups excluding carboxylic acids is 1.